The Kier molecular flexibility index (Phi) is 13.9. The zero-order chi connectivity index (χ0) is 39.0. The summed E-state index contributed by atoms with van der Waals surface area (Å²) in [4.78, 5) is 37.2. The Bertz CT molecular complexity index is 1650. The number of cyclic esters (lactones) is 1. The van der Waals surface area contributed by atoms with Gasteiger partial charge in [0.1, 0.15) is 17.9 Å². The fraction of sp³-hybridized carbons (Fsp3) is 0.634. The van der Waals surface area contributed by atoms with Gasteiger partial charge < -0.3 is 13.9 Å². The summed E-state index contributed by atoms with van der Waals surface area (Å²) in [6.07, 6.45) is 14.8. The molecule has 7 atom stereocenters. The minimum atomic E-state index is -2.03. The number of nitrogens with zero attached hydrogens (tertiary/aromatic N) is 3. The molecule has 2 amide bonds. The molecule has 0 saturated carbocycles. The van der Waals surface area contributed by atoms with E-state index in [-0.39, 0.29) is 58.9 Å². The molecule has 0 bridgehead atoms. The first-order chi connectivity index (χ1) is 25.6. The summed E-state index contributed by atoms with van der Waals surface area (Å²) < 4.78 is 20.6. The number of hydroxylamine groups is 1. The van der Waals surface area contributed by atoms with Crippen molar-refractivity contribution >= 4 is 32.0 Å². The standard InChI is InChI=1S/C41H61N5O7Si/c1-27-22-30-14-13-28(2)34(20-19-32-24-33(25-38(48)51-32)53-54(6,7)41(3,4)5)39(30)36(23-27)52-40(49)42-31-17-15-29(16-18-31)35-26-46(45-43-35)21-11-9-8-10-12-37(47)44-50/h13-18,22,26-28,32-34,36,39,50H,8-12,19-21,23-25H2,1-7H3,(H,42,49)(H,44,47)/t27-,28+,32+,33+,34-,36-,39-/m0/s1. The van der Waals surface area contributed by atoms with E-state index in [1.165, 1.54) is 5.57 Å². The van der Waals surface area contributed by atoms with Gasteiger partial charge in [-0.2, -0.15) is 0 Å². The minimum absolute atomic E-state index is 0.0586. The van der Waals surface area contributed by atoms with Crippen molar-refractivity contribution in [3.63, 3.8) is 0 Å². The molecule has 1 aromatic heterocycles. The van der Waals surface area contributed by atoms with E-state index >= 15 is 0 Å². The van der Waals surface area contributed by atoms with Gasteiger partial charge in [-0.1, -0.05) is 83.0 Å². The molecule has 0 unspecified atom stereocenters. The topological polar surface area (TPSA) is 154 Å². The predicted molar refractivity (Wildman–Crippen MR) is 210 cm³/mol. The lowest BCUT2D eigenvalue weighted by Crippen LogP contribution is -2.47. The monoisotopic (exact) mass is 763 g/mol. The average Bonchev–Trinajstić information content (AvgIpc) is 3.57. The van der Waals surface area contributed by atoms with Gasteiger partial charge in [-0.15, -0.1) is 5.10 Å². The smallest absolute Gasteiger partial charge is 0.411 e. The van der Waals surface area contributed by atoms with Gasteiger partial charge in [0.25, 0.3) is 0 Å². The van der Waals surface area contributed by atoms with Crippen LogP contribution in [0.4, 0.5) is 10.5 Å². The third kappa shape index (κ3) is 11.1. The van der Waals surface area contributed by atoms with Crippen LogP contribution in [0.15, 0.2) is 54.3 Å². The molecule has 2 aromatic rings. The molecule has 296 valence electrons. The molecule has 1 aromatic carbocycles. The number of allylic oxidation sites excluding steroid dienone is 3. The summed E-state index contributed by atoms with van der Waals surface area (Å²) in [5.41, 5.74) is 5.14. The molecule has 0 spiro atoms. The summed E-state index contributed by atoms with van der Waals surface area (Å²) in [6.45, 7) is 16.2. The highest BCUT2D eigenvalue weighted by atomic mass is 28.4. The average molecular weight is 764 g/mol. The zero-order valence-electron chi connectivity index (χ0n) is 33.2. The van der Waals surface area contributed by atoms with Crippen LogP contribution in [0.1, 0.15) is 98.8 Å². The van der Waals surface area contributed by atoms with E-state index in [0.717, 1.165) is 69.2 Å². The number of nitrogens with one attached hydrogen (secondary N) is 2. The van der Waals surface area contributed by atoms with Gasteiger partial charge in [-0.05, 0) is 85.7 Å². The van der Waals surface area contributed by atoms with E-state index in [1.54, 1.807) is 5.48 Å². The normalized spacial score (nSPS) is 25.7. The number of carbonyl (C=O) groups is 3. The molecule has 13 heteroatoms. The third-order valence-electron chi connectivity index (χ3n) is 11.8. The Labute approximate surface area is 321 Å². The molecule has 0 radical (unpaired) electrons. The van der Waals surface area contributed by atoms with Gasteiger partial charge >= 0.3 is 12.1 Å². The molecular formula is C41H61N5O7Si. The Morgan fingerprint density at radius 3 is 2.52 bits per heavy atom. The summed E-state index contributed by atoms with van der Waals surface area (Å²) in [5.74, 6) is 0.314. The summed E-state index contributed by atoms with van der Waals surface area (Å²) in [7, 11) is -2.03. The number of esters is 1. The maximum atomic E-state index is 13.4. The second-order valence-corrected chi connectivity index (χ2v) is 21.9. The predicted octanol–water partition coefficient (Wildman–Crippen LogP) is 8.60. The zero-order valence-corrected chi connectivity index (χ0v) is 34.2. The first kappa shape index (κ1) is 41.4. The van der Waals surface area contributed by atoms with Crippen molar-refractivity contribution < 1.29 is 33.5 Å². The fourth-order valence-electron chi connectivity index (χ4n) is 7.82. The van der Waals surface area contributed by atoms with Crippen molar-refractivity contribution in [3.05, 3.63) is 54.3 Å². The van der Waals surface area contributed by atoms with Crippen molar-refractivity contribution in [1.29, 1.82) is 0 Å². The quantitative estimate of drug-likeness (QED) is 0.0532. The van der Waals surface area contributed by atoms with Gasteiger partial charge in [0.2, 0.25) is 5.91 Å². The Balaban J connectivity index is 1.15. The number of hydrogen-bond acceptors (Lipinski definition) is 9. The van der Waals surface area contributed by atoms with Crippen molar-refractivity contribution in [1.82, 2.24) is 20.5 Å². The lowest BCUT2D eigenvalue weighted by molar-refractivity contribution is -0.160. The molecule has 2 heterocycles. The number of benzene rings is 1. The molecular weight excluding hydrogens is 703 g/mol. The van der Waals surface area contributed by atoms with Crippen molar-refractivity contribution in [2.24, 2.45) is 23.7 Å². The van der Waals surface area contributed by atoms with Crippen molar-refractivity contribution in [2.75, 3.05) is 5.32 Å². The molecule has 12 nitrogen and oxygen atoms in total. The molecule has 5 rings (SSSR count). The fourth-order valence-corrected chi connectivity index (χ4v) is 9.19. The second kappa shape index (κ2) is 18.2. The van der Waals surface area contributed by atoms with Crippen LogP contribution < -0.4 is 10.8 Å². The van der Waals surface area contributed by atoms with Gasteiger partial charge in [0.15, 0.2) is 8.32 Å². The number of anilines is 1. The molecule has 3 aliphatic rings. The second-order valence-electron chi connectivity index (χ2n) is 17.1. The van der Waals surface area contributed by atoms with Gasteiger partial charge in [-0.3, -0.25) is 24.8 Å². The van der Waals surface area contributed by atoms with Gasteiger partial charge in [-0.25, -0.2) is 10.3 Å². The molecule has 1 fully saturated rings. The van der Waals surface area contributed by atoms with Crippen LogP contribution in [0.5, 0.6) is 0 Å². The lowest BCUT2D eigenvalue weighted by Gasteiger charge is -2.44. The number of ether oxygens (including phenoxy) is 2. The number of unbranched alkanes of at least 4 members (excludes halogenated alkanes) is 3. The van der Waals surface area contributed by atoms with Crippen LogP contribution in [-0.4, -0.2) is 64.8 Å². The highest BCUT2D eigenvalue weighted by Gasteiger charge is 2.44. The summed E-state index contributed by atoms with van der Waals surface area (Å²) >= 11 is 0. The molecule has 2 aliphatic carbocycles. The van der Waals surface area contributed by atoms with E-state index in [0.29, 0.717) is 18.5 Å². The SMILES string of the molecule is C[C@@H]1C=CC2=C[C@H](C)C[C@H](OC(=O)Nc3ccc(-c4cn(CCCCCCC(=O)NO)nn4)cc3)[C@@H]2[C@H]1CC[C@@H]1C[C@@H](O[Si](C)(C)C(C)(C)C)CC(=O)O1. The number of aromatic nitrogens is 3. The van der Waals surface area contributed by atoms with Crippen LogP contribution in [0.25, 0.3) is 11.3 Å². The largest absolute Gasteiger partial charge is 0.462 e. The van der Waals surface area contributed by atoms with E-state index in [4.69, 9.17) is 19.1 Å². The molecule has 54 heavy (non-hydrogen) atoms. The van der Waals surface area contributed by atoms with Crippen LogP contribution >= 0.6 is 0 Å². The Morgan fingerprint density at radius 2 is 1.80 bits per heavy atom. The van der Waals surface area contributed by atoms with E-state index < -0.39 is 14.4 Å². The van der Waals surface area contributed by atoms with Crippen molar-refractivity contribution in [3.8, 4) is 11.3 Å². The number of amides is 2. The number of hydrogen-bond donors (Lipinski definition) is 3. The van der Waals surface area contributed by atoms with E-state index in [2.05, 4.69) is 81.6 Å². The first-order valence-corrected chi connectivity index (χ1v) is 22.7. The van der Waals surface area contributed by atoms with E-state index in [1.807, 2.05) is 35.1 Å². The number of aryl methyl sites for hydroxylation is 1. The summed E-state index contributed by atoms with van der Waals surface area (Å²) in [5, 5.41) is 20.2. The highest BCUT2D eigenvalue weighted by molar-refractivity contribution is 6.74. The lowest BCUT2D eigenvalue weighted by atomic mass is 9.65. The van der Waals surface area contributed by atoms with E-state index in [9.17, 15) is 14.4 Å². The van der Waals surface area contributed by atoms with Crippen LogP contribution in [-0.2, 0) is 30.0 Å². The molecule has 3 N–H and O–H groups in total. The van der Waals surface area contributed by atoms with Gasteiger partial charge in [0, 0.05) is 36.6 Å². The Hall–Kier alpha value is -3.81. The Morgan fingerprint density at radius 1 is 1.06 bits per heavy atom. The highest BCUT2D eigenvalue weighted by Crippen LogP contribution is 2.46. The maximum Gasteiger partial charge on any atom is 0.411 e. The molecule has 1 saturated heterocycles. The third-order valence-corrected chi connectivity index (χ3v) is 16.3. The number of carbonyl (C=O) groups excluding carboxylic acids is 3. The van der Waals surface area contributed by atoms with Gasteiger partial charge in [0.05, 0.1) is 18.7 Å². The molecule has 1 aliphatic heterocycles. The first-order valence-electron chi connectivity index (χ1n) is 19.8. The summed E-state index contributed by atoms with van der Waals surface area (Å²) in [6, 6.07) is 7.50. The van der Waals surface area contributed by atoms with Crippen LogP contribution in [0.3, 0.4) is 0 Å². The maximum absolute atomic E-state index is 13.4. The van der Waals surface area contributed by atoms with Crippen molar-refractivity contribution in [2.45, 2.75) is 142 Å². The minimum Gasteiger partial charge on any atom is -0.462 e. The number of rotatable bonds is 15. The van der Waals surface area contributed by atoms with Crippen LogP contribution in [0.2, 0.25) is 18.1 Å². The number of fused-ring (bicyclic) bond motifs is 1. The van der Waals surface area contributed by atoms with Crippen LogP contribution in [0, 0.1) is 23.7 Å².